The van der Waals surface area contributed by atoms with Gasteiger partial charge in [0.15, 0.2) is 5.75 Å². The molecule has 41 heavy (non-hydrogen) atoms. The summed E-state index contributed by atoms with van der Waals surface area (Å²) in [5.41, 5.74) is 3.07. The van der Waals surface area contributed by atoms with E-state index in [1.54, 1.807) is 18.2 Å². The summed E-state index contributed by atoms with van der Waals surface area (Å²) < 4.78 is 52.8. The highest BCUT2D eigenvalue weighted by molar-refractivity contribution is 6.30. The minimum Gasteiger partial charge on any atom is -0.473 e. The number of benzene rings is 2. The zero-order valence-corrected chi connectivity index (χ0v) is 23.6. The number of fused-ring (bicyclic) bond motifs is 1. The van der Waals surface area contributed by atoms with Crippen LogP contribution in [0.25, 0.3) is 11.0 Å². The number of rotatable bonds is 8. The van der Waals surface area contributed by atoms with Crippen molar-refractivity contribution in [2.45, 2.75) is 51.9 Å². The molecule has 0 aliphatic carbocycles. The van der Waals surface area contributed by atoms with Crippen LogP contribution in [0.5, 0.6) is 11.6 Å². The van der Waals surface area contributed by atoms with E-state index in [0.717, 1.165) is 37.4 Å². The van der Waals surface area contributed by atoms with Crippen molar-refractivity contribution in [1.82, 2.24) is 19.4 Å². The third-order valence-corrected chi connectivity index (χ3v) is 7.41. The minimum absolute atomic E-state index is 0.0328. The normalized spacial score (nSPS) is 14.3. The molecule has 0 bridgehead atoms. The Bertz CT molecular complexity index is 1590. The van der Waals surface area contributed by atoms with E-state index in [9.17, 15) is 13.2 Å². The summed E-state index contributed by atoms with van der Waals surface area (Å²) in [4.78, 5) is 11.7. The highest BCUT2D eigenvalue weighted by atomic mass is 35.5. The van der Waals surface area contributed by atoms with Crippen molar-refractivity contribution in [3.05, 3.63) is 82.0 Å². The molecule has 4 aromatic rings. The number of hydrogen-bond donors (Lipinski definition) is 0. The lowest BCUT2D eigenvalue weighted by Gasteiger charge is -2.31. The third kappa shape index (κ3) is 6.95. The van der Waals surface area contributed by atoms with Crippen LogP contribution in [0.2, 0.25) is 5.02 Å². The van der Waals surface area contributed by atoms with Crippen LogP contribution < -0.4 is 9.47 Å². The first kappa shape index (κ1) is 28.8. The van der Waals surface area contributed by atoms with Gasteiger partial charge in [0.2, 0.25) is 5.88 Å². The molecule has 3 heterocycles. The maximum Gasteiger partial charge on any atom is 0.387 e. The van der Waals surface area contributed by atoms with Crippen LogP contribution in [0, 0.1) is 17.7 Å². The lowest BCUT2D eigenvalue weighted by atomic mass is 9.93. The molecule has 1 saturated heterocycles. The fraction of sp³-hybridized carbons (Fsp3) is 0.355. The molecule has 6 nitrogen and oxygen atoms in total. The summed E-state index contributed by atoms with van der Waals surface area (Å²) in [6.45, 7) is 1.26. The van der Waals surface area contributed by atoms with Gasteiger partial charge in [-0.2, -0.15) is 8.78 Å². The Kier molecular flexibility index (Phi) is 9.01. The third-order valence-electron chi connectivity index (χ3n) is 7.18. The summed E-state index contributed by atoms with van der Waals surface area (Å²) in [5, 5.41) is 0.339. The predicted molar refractivity (Wildman–Crippen MR) is 152 cm³/mol. The SMILES string of the molecule is CCC#Cc1cc(OC(F)F)c2nc(CN3CCC(c4cccc(OCc5ccc(Cl)cc5F)n4)CC3)n(C)c2c1. The second kappa shape index (κ2) is 12.8. The Balaban J connectivity index is 1.24. The summed E-state index contributed by atoms with van der Waals surface area (Å²) in [7, 11) is 1.88. The van der Waals surface area contributed by atoms with E-state index in [1.165, 1.54) is 12.1 Å². The van der Waals surface area contributed by atoms with E-state index in [4.69, 9.17) is 21.1 Å². The van der Waals surface area contributed by atoms with Gasteiger partial charge in [-0.1, -0.05) is 42.5 Å². The molecule has 0 unspecified atom stereocenters. The topological polar surface area (TPSA) is 52.4 Å². The zero-order chi connectivity index (χ0) is 28.9. The van der Waals surface area contributed by atoms with Crippen LogP contribution in [0.15, 0.2) is 48.5 Å². The predicted octanol–water partition coefficient (Wildman–Crippen LogP) is 7.08. The van der Waals surface area contributed by atoms with E-state index in [0.29, 0.717) is 46.0 Å². The van der Waals surface area contributed by atoms with Gasteiger partial charge in [-0.3, -0.25) is 4.90 Å². The number of ether oxygens (including phenoxy) is 2. The molecule has 2 aromatic carbocycles. The maximum atomic E-state index is 14.1. The van der Waals surface area contributed by atoms with Crippen molar-refractivity contribution in [2.75, 3.05) is 13.1 Å². The van der Waals surface area contributed by atoms with E-state index in [1.807, 2.05) is 36.7 Å². The van der Waals surface area contributed by atoms with Crippen LogP contribution in [0.1, 0.15) is 54.7 Å². The van der Waals surface area contributed by atoms with Crippen molar-refractivity contribution in [1.29, 1.82) is 0 Å². The van der Waals surface area contributed by atoms with Crippen LogP contribution in [-0.2, 0) is 20.2 Å². The van der Waals surface area contributed by atoms with Crippen molar-refractivity contribution in [2.24, 2.45) is 7.05 Å². The van der Waals surface area contributed by atoms with Crippen molar-refractivity contribution in [3.8, 4) is 23.5 Å². The van der Waals surface area contributed by atoms with Gasteiger partial charge in [-0.15, -0.1) is 0 Å². The molecule has 0 atom stereocenters. The largest absolute Gasteiger partial charge is 0.473 e. The fourth-order valence-electron chi connectivity index (χ4n) is 5.01. The number of pyridine rings is 1. The molecule has 5 rings (SSSR count). The molecular weight excluding hydrogens is 553 g/mol. The van der Waals surface area contributed by atoms with E-state index in [-0.39, 0.29) is 18.3 Å². The number of nitrogens with zero attached hydrogens (tertiary/aromatic N) is 4. The van der Waals surface area contributed by atoms with Gasteiger partial charge in [0, 0.05) is 47.3 Å². The number of imidazole rings is 1. The molecule has 0 saturated carbocycles. The number of aryl methyl sites for hydroxylation is 1. The summed E-state index contributed by atoms with van der Waals surface area (Å²) >= 11 is 5.83. The smallest absolute Gasteiger partial charge is 0.387 e. The van der Waals surface area contributed by atoms with Crippen LogP contribution >= 0.6 is 11.6 Å². The molecule has 1 aliphatic rings. The van der Waals surface area contributed by atoms with Crippen molar-refractivity contribution >= 4 is 22.6 Å². The highest BCUT2D eigenvalue weighted by Crippen LogP contribution is 2.32. The molecule has 0 radical (unpaired) electrons. The van der Waals surface area contributed by atoms with Gasteiger partial charge in [0.25, 0.3) is 0 Å². The van der Waals surface area contributed by atoms with Gasteiger partial charge in [-0.25, -0.2) is 14.4 Å². The highest BCUT2D eigenvalue weighted by Gasteiger charge is 2.24. The maximum absolute atomic E-state index is 14.1. The molecule has 214 valence electrons. The number of piperidine rings is 1. The standard InChI is InChI=1S/C31H30ClF3N4O2/c1-3-4-6-20-15-26-30(27(16-20)41-31(34)35)37-28(38(26)2)18-39-13-11-21(12-14-39)25-7-5-8-29(36-25)40-19-22-9-10-23(32)17-24(22)33/h5,7-10,15-17,21,31H,3,11-14,18-19H2,1-2H3. The van der Waals surface area contributed by atoms with Crippen LogP contribution in [-0.4, -0.2) is 39.1 Å². The van der Waals surface area contributed by atoms with E-state index >= 15 is 0 Å². The number of halogens is 4. The van der Waals surface area contributed by atoms with Crippen molar-refractivity contribution in [3.63, 3.8) is 0 Å². The summed E-state index contributed by atoms with van der Waals surface area (Å²) in [6.07, 6.45) is 2.44. The average molecular weight is 583 g/mol. The van der Waals surface area contributed by atoms with Crippen LogP contribution in [0.3, 0.4) is 0 Å². The fourth-order valence-corrected chi connectivity index (χ4v) is 5.17. The quantitative estimate of drug-likeness (QED) is 0.208. The van der Waals surface area contributed by atoms with Gasteiger partial charge in [0.05, 0.1) is 12.1 Å². The Labute approximate surface area is 242 Å². The summed E-state index contributed by atoms with van der Waals surface area (Å²) in [5.74, 6) is 7.07. The molecule has 1 fully saturated rings. The Morgan fingerprint density at radius 1 is 1.10 bits per heavy atom. The minimum atomic E-state index is -2.95. The average Bonchev–Trinajstić information content (AvgIpc) is 3.27. The summed E-state index contributed by atoms with van der Waals surface area (Å²) in [6, 6.07) is 13.5. The molecule has 0 N–H and O–H groups in total. The number of alkyl halides is 2. The monoisotopic (exact) mass is 582 g/mol. The molecular formula is C31H30ClF3N4O2. The second-order valence-corrected chi connectivity index (χ2v) is 10.4. The van der Waals surface area contributed by atoms with Gasteiger partial charge >= 0.3 is 6.61 Å². The zero-order valence-electron chi connectivity index (χ0n) is 22.8. The number of aromatic nitrogens is 3. The first-order valence-electron chi connectivity index (χ1n) is 13.5. The number of likely N-dealkylation sites (tertiary alicyclic amines) is 1. The second-order valence-electron chi connectivity index (χ2n) is 9.94. The van der Waals surface area contributed by atoms with Crippen molar-refractivity contribution < 1.29 is 22.6 Å². The molecule has 0 amide bonds. The lowest BCUT2D eigenvalue weighted by molar-refractivity contribution is -0.0489. The molecule has 10 heteroatoms. The van der Waals surface area contributed by atoms with Gasteiger partial charge < -0.3 is 14.0 Å². The Morgan fingerprint density at radius 3 is 2.63 bits per heavy atom. The first-order chi connectivity index (χ1) is 19.8. The molecule has 2 aromatic heterocycles. The van der Waals surface area contributed by atoms with Gasteiger partial charge in [-0.05, 0) is 56.3 Å². The first-order valence-corrected chi connectivity index (χ1v) is 13.9. The molecule has 0 spiro atoms. The lowest BCUT2D eigenvalue weighted by Crippen LogP contribution is -2.33. The number of hydrogen-bond acceptors (Lipinski definition) is 5. The van der Waals surface area contributed by atoms with Crippen LogP contribution in [0.4, 0.5) is 13.2 Å². The van der Waals surface area contributed by atoms with E-state index < -0.39 is 12.4 Å². The Hall–Kier alpha value is -3.74. The van der Waals surface area contributed by atoms with Gasteiger partial charge in [0.1, 0.15) is 23.8 Å². The molecule has 1 aliphatic heterocycles. The Morgan fingerprint density at radius 2 is 1.90 bits per heavy atom. The van der Waals surface area contributed by atoms with E-state index in [2.05, 4.69) is 26.7 Å².